The second kappa shape index (κ2) is 4.55. The minimum absolute atomic E-state index is 0.261. The molecule has 8 heteroatoms. The fourth-order valence-corrected chi connectivity index (χ4v) is 1.90. The van der Waals surface area contributed by atoms with Crippen molar-refractivity contribution in [3.8, 4) is 17.4 Å². The Morgan fingerprint density at radius 3 is 2.65 bits per heavy atom. The molecule has 0 amide bonds. The molecular formula is C12H12N4O4. The maximum Gasteiger partial charge on any atom is 0.321 e. The van der Waals surface area contributed by atoms with Gasteiger partial charge >= 0.3 is 5.97 Å². The first-order chi connectivity index (χ1) is 9.69. The van der Waals surface area contributed by atoms with Crippen LogP contribution in [-0.4, -0.2) is 40.5 Å². The topological polar surface area (TPSA) is 100 Å². The third-order valence-electron chi connectivity index (χ3n) is 3.24. The molecular weight excluding hydrogens is 264 g/mol. The quantitative estimate of drug-likeness (QED) is 0.754. The Bertz CT molecular complexity index is 633. The second-order valence-electron chi connectivity index (χ2n) is 4.46. The zero-order valence-corrected chi connectivity index (χ0v) is 11.0. The first kappa shape index (κ1) is 12.5. The van der Waals surface area contributed by atoms with Crippen LogP contribution in [0.5, 0.6) is 5.88 Å². The lowest BCUT2D eigenvalue weighted by atomic mass is 10.1. The first-order valence-corrected chi connectivity index (χ1v) is 6.00. The van der Waals surface area contributed by atoms with E-state index < -0.39 is 5.41 Å². The van der Waals surface area contributed by atoms with Gasteiger partial charge in [-0.2, -0.15) is 4.98 Å². The lowest BCUT2D eigenvalue weighted by Crippen LogP contribution is -2.22. The maximum atomic E-state index is 11.7. The molecule has 20 heavy (non-hydrogen) atoms. The van der Waals surface area contributed by atoms with Gasteiger partial charge in [-0.3, -0.25) is 4.79 Å². The Kier molecular flexibility index (Phi) is 2.85. The highest BCUT2D eigenvalue weighted by Crippen LogP contribution is 2.48. The summed E-state index contributed by atoms with van der Waals surface area (Å²) in [6.07, 6.45) is 1.30. The fraction of sp³-hybridized carbons (Fsp3) is 0.417. The van der Waals surface area contributed by atoms with E-state index in [0.29, 0.717) is 24.4 Å². The maximum absolute atomic E-state index is 11.7. The van der Waals surface area contributed by atoms with Crippen molar-refractivity contribution in [2.24, 2.45) is 0 Å². The number of methoxy groups -OCH3 is 2. The molecule has 0 aromatic carbocycles. The fourth-order valence-electron chi connectivity index (χ4n) is 1.90. The van der Waals surface area contributed by atoms with Crippen LogP contribution < -0.4 is 4.74 Å². The molecule has 0 bridgehead atoms. The van der Waals surface area contributed by atoms with Crippen LogP contribution in [-0.2, 0) is 14.9 Å². The molecule has 2 aromatic heterocycles. The number of ether oxygens (including phenoxy) is 2. The van der Waals surface area contributed by atoms with E-state index in [1.165, 1.54) is 14.2 Å². The lowest BCUT2D eigenvalue weighted by molar-refractivity contribution is -0.144. The summed E-state index contributed by atoms with van der Waals surface area (Å²) < 4.78 is 14.9. The summed E-state index contributed by atoms with van der Waals surface area (Å²) in [5.74, 6) is 0.585. The highest BCUT2D eigenvalue weighted by molar-refractivity contribution is 5.85. The molecule has 0 atom stereocenters. The summed E-state index contributed by atoms with van der Waals surface area (Å²) in [7, 11) is 2.85. The van der Waals surface area contributed by atoms with E-state index in [-0.39, 0.29) is 17.7 Å². The Hall–Kier alpha value is -2.51. The molecule has 2 heterocycles. The van der Waals surface area contributed by atoms with Crippen molar-refractivity contribution in [1.82, 2.24) is 20.3 Å². The molecule has 1 aliphatic carbocycles. The smallest absolute Gasteiger partial charge is 0.321 e. The SMILES string of the molecule is COC(=O)C1(c2nc(-c3ccc(OC)nn3)no2)CC1. The Labute approximate surface area is 114 Å². The van der Waals surface area contributed by atoms with Gasteiger partial charge in [0.1, 0.15) is 11.1 Å². The van der Waals surface area contributed by atoms with E-state index in [0.717, 1.165) is 0 Å². The average molecular weight is 276 g/mol. The van der Waals surface area contributed by atoms with E-state index in [1.54, 1.807) is 12.1 Å². The molecule has 104 valence electrons. The number of carbonyl (C=O) groups is 1. The monoisotopic (exact) mass is 276 g/mol. The largest absolute Gasteiger partial charge is 0.480 e. The van der Waals surface area contributed by atoms with Gasteiger partial charge < -0.3 is 14.0 Å². The number of carbonyl (C=O) groups excluding carboxylic acids is 1. The van der Waals surface area contributed by atoms with E-state index in [9.17, 15) is 4.79 Å². The van der Waals surface area contributed by atoms with Gasteiger partial charge in [-0.05, 0) is 18.9 Å². The third-order valence-corrected chi connectivity index (χ3v) is 3.24. The summed E-state index contributed by atoms with van der Waals surface area (Å²) >= 11 is 0. The molecule has 0 spiro atoms. The number of hydrogen-bond donors (Lipinski definition) is 0. The zero-order chi connectivity index (χ0) is 14.2. The minimum Gasteiger partial charge on any atom is -0.480 e. The van der Waals surface area contributed by atoms with Crippen LogP contribution in [0.4, 0.5) is 0 Å². The standard InChI is InChI=1S/C12H12N4O4/c1-18-8-4-3-7(14-15-8)9-13-10(20-16-9)12(5-6-12)11(17)19-2/h3-4H,5-6H2,1-2H3. The molecule has 0 aliphatic heterocycles. The summed E-state index contributed by atoms with van der Waals surface area (Å²) in [6, 6.07) is 3.31. The van der Waals surface area contributed by atoms with Crippen molar-refractivity contribution in [3.63, 3.8) is 0 Å². The molecule has 0 unspecified atom stereocenters. The molecule has 1 saturated carbocycles. The van der Waals surface area contributed by atoms with E-state index in [4.69, 9.17) is 14.0 Å². The second-order valence-corrected chi connectivity index (χ2v) is 4.46. The van der Waals surface area contributed by atoms with Gasteiger partial charge in [-0.1, -0.05) is 5.16 Å². The van der Waals surface area contributed by atoms with Crippen molar-refractivity contribution in [3.05, 3.63) is 18.0 Å². The normalized spacial score (nSPS) is 15.7. The van der Waals surface area contributed by atoms with E-state index >= 15 is 0 Å². The molecule has 8 nitrogen and oxygen atoms in total. The van der Waals surface area contributed by atoms with Crippen LogP contribution >= 0.6 is 0 Å². The predicted octanol–water partition coefficient (Wildman–Crippen LogP) is 0.740. The Balaban J connectivity index is 1.88. The molecule has 3 rings (SSSR count). The number of aromatic nitrogens is 4. The highest BCUT2D eigenvalue weighted by atomic mass is 16.5. The lowest BCUT2D eigenvalue weighted by Gasteiger charge is -2.05. The third kappa shape index (κ3) is 1.89. The summed E-state index contributed by atoms with van der Waals surface area (Å²) in [4.78, 5) is 15.9. The van der Waals surface area contributed by atoms with Crippen molar-refractivity contribution in [1.29, 1.82) is 0 Å². The van der Waals surface area contributed by atoms with Gasteiger partial charge in [0.15, 0.2) is 0 Å². The van der Waals surface area contributed by atoms with Gasteiger partial charge in [-0.25, -0.2) is 0 Å². The van der Waals surface area contributed by atoms with Crippen LogP contribution in [0.2, 0.25) is 0 Å². The number of rotatable bonds is 4. The minimum atomic E-state index is -0.778. The predicted molar refractivity (Wildman–Crippen MR) is 64.8 cm³/mol. The van der Waals surface area contributed by atoms with Crippen LogP contribution in [0.1, 0.15) is 18.7 Å². The number of nitrogens with zero attached hydrogens (tertiary/aromatic N) is 4. The Morgan fingerprint density at radius 1 is 1.30 bits per heavy atom. The van der Waals surface area contributed by atoms with E-state index in [2.05, 4.69) is 20.3 Å². The van der Waals surface area contributed by atoms with Gasteiger partial charge in [0.2, 0.25) is 17.6 Å². The van der Waals surface area contributed by atoms with Gasteiger partial charge in [0.25, 0.3) is 0 Å². The van der Waals surface area contributed by atoms with Crippen molar-refractivity contribution in [2.75, 3.05) is 14.2 Å². The summed E-state index contributed by atoms with van der Waals surface area (Å²) in [6.45, 7) is 0. The van der Waals surface area contributed by atoms with Crippen LogP contribution in [0.25, 0.3) is 11.5 Å². The van der Waals surface area contributed by atoms with Crippen LogP contribution in [0.15, 0.2) is 16.7 Å². The molecule has 2 aromatic rings. The number of hydrogen-bond acceptors (Lipinski definition) is 8. The van der Waals surface area contributed by atoms with Crippen molar-refractivity contribution >= 4 is 5.97 Å². The van der Waals surface area contributed by atoms with Gasteiger partial charge in [-0.15, -0.1) is 10.2 Å². The first-order valence-electron chi connectivity index (χ1n) is 6.00. The molecule has 0 saturated heterocycles. The molecule has 0 N–H and O–H groups in total. The highest BCUT2D eigenvalue weighted by Gasteiger charge is 2.57. The number of esters is 1. The van der Waals surface area contributed by atoms with E-state index in [1.807, 2.05) is 0 Å². The Morgan fingerprint density at radius 2 is 2.10 bits per heavy atom. The summed E-state index contributed by atoms with van der Waals surface area (Å²) in [5.41, 5.74) is -0.332. The van der Waals surface area contributed by atoms with Gasteiger partial charge in [0, 0.05) is 6.07 Å². The zero-order valence-electron chi connectivity index (χ0n) is 11.0. The van der Waals surface area contributed by atoms with Crippen LogP contribution in [0.3, 0.4) is 0 Å². The van der Waals surface area contributed by atoms with Crippen LogP contribution in [0, 0.1) is 0 Å². The summed E-state index contributed by atoms with van der Waals surface area (Å²) in [5, 5.41) is 11.6. The molecule has 1 aliphatic rings. The van der Waals surface area contributed by atoms with Gasteiger partial charge in [0.05, 0.1) is 14.2 Å². The molecule has 0 radical (unpaired) electrons. The van der Waals surface area contributed by atoms with Crippen molar-refractivity contribution < 1.29 is 18.8 Å². The average Bonchev–Trinajstić information content (AvgIpc) is 3.17. The van der Waals surface area contributed by atoms with Crippen molar-refractivity contribution in [2.45, 2.75) is 18.3 Å². The molecule has 1 fully saturated rings.